The van der Waals surface area contributed by atoms with Gasteiger partial charge in [0.05, 0.1) is 35.4 Å². The summed E-state index contributed by atoms with van der Waals surface area (Å²) in [5, 5.41) is 0. The topological polar surface area (TPSA) is 110 Å². The molecule has 1 saturated carbocycles. The van der Waals surface area contributed by atoms with Crippen molar-refractivity contribution in [2.75, 3.05) is 11.3 Å². The molecule has 1 aliphatic carbocycles. The smallest absolute Gasteiger partial charge is 0.338 e. The van der Waals surface area contributed by atoms with Gasteiger partial charge in [0.25, 0.3) is 10.0 Å². The maximum absolute atomic E-state index is 13.2. The number of nitrogens with zero attached hydrogens (tertiary/aromatic N) is 1. The number of rotatable bonds is 7. The highest BCUT2D eigenvalue weighted by Gasteiger charge is 2.47. The van der Waals surface area contributed by atoms with Crippen molar-refractivity contribution in [2.24, 2.45) is 11.8 Å². The average molecular weight is 485 g/mol. The van der Waals surface area contributed by atoms with E-state index in [-0.39, 0.29) is 52.9 Å². The Balaban J connectivity index is 1.56. The molecule has 2 fully saturated rings. The van der Waals surface area contributed by atoms with E-state index in [2.05, 4.69) is 4.72 Å². The maximum atomic E-state index is 13.2. The predicted octanol–water partition coefficient (Wildman–Crippen LogP) is 3.65. The molecule has 0 unspecified atom stereocenters. The van der Waals surface area contributed by atoms with Gasteiger partial charge in [-0.25, -0.2) is 13.2 Å². The summed E-state index contributed by atoms with van der Waals surface area (Å²) in [6.45, 7) is 3.63. The van der Waals surface area contributed by atoms with E-state index in [1.165, 1.54) is 17.0 Å². The Morgan fingerprint density at radius 3 is 2.38 bits per heavy atom. The Morgan fingerprint density at radius 1 is 1.06 bits per heavy atom. The Kier molecular flexibility index (Phi) is 6.74. The van der Waals surface area contributed by atoms with Crippen molar-refractivity contribution >= 4 is 33.5 Å². The molecule has 0 radical (unpaired) electrons. The molecule has 34 heavy (non-hydrogen) atoms. The van der Waals surface area contributed by atoms with Crippen molar-refractivity contribution in [3.8, 4) is 0 Å². The van der Waals surface area contributed by atoms with Crippen LogP contribution in [0.5, 0.6) is 0 Å². The zero-order chi connectivity index (χ0) is 24.5. The van der Waals surface area contributed by atoms with Crippen molar-refractivity contribution in [2.45, 2.75) is 51.0 Å². The van der Waals surface area contributed by atoms with Gasteiger partial charge >= 0.3 is 5.97 Å². The van der Waals surface area contributed by atoms with Crippen LogP contribution >= 0.6 is 0 Å². The Hall–Kier alpha value is -3.20. The first-order chi connectivity index (χ1) is 16.2. The first kappa shape index (κ1) is 23.9. The van der Waals surface area contributed by atoms with E-state index in [4.69, 9.17) is 4.74 Å². The fourth-order valence-corrected chi connectivity index (χ4v) is 6.08. The number of anilines is 1. The van der Waals surface area contributed by atoms with Crippen LogP contribution in [0.1, 0.15) is 54.1 Å². The quantitative estimate of drug-likeness (QED) is 0.475. The van der Waals surface area contributed by atoms with Gasteiger partial charge in [0.2, 0.25) is 11.8 Å². The molecule has 0 bridgehead atoms. The summed E-state index contributed by atoms with van der Waals surface area (Å²) in [5.41, 5.74) is 1.54. The van der Waals surface area contributed by atoms with Crippen LogP contribution in [0.3, 0.4) is 0 Å². The van der Waals surface area contributed by atoms with Gasteiger partial charge in [-0.05, 0) is 62.1 Å². The second-order valence-electron chi connectivity index (χ2n) is 8.77. The van der Waals surface area contributed by atoms with Crippen molar-refractivity contribution in [1.82, 2.24) is 4.90 Å². The molecule has 8 nitrogen and oxygen atoms in total. The lowest BCUT2D eigenvalue weighted by Crippen LogP contribution is -2.30. The van der Waals surface area contributed by atoms with Crippen LogP contribution in [0.4, 0.5) is 5.69 Å². The second kappa shape index (κ2) is 9.58. The zero-order valence-electron chi connectivity index (χ0n) is 19.2. The largest absolute Gasteiger partial charge is 0.462 e. The number of carbonyl (C=O) groups excluding carboxylic acids is 3. The van der Waals surface area contributed by atoms with Crippen LogP contribution < -0.4 is 4.72 Å². The summed E-state index contributed by atoms with van der Waals surface area (Å²) in [6, 6.07) is 11.0. The third-order valence-corrected chi connectivity index (χ3v) is 7.96. The summed E-state index contributed by atoms with van der Waals surface area (Å²) >= 11 is 0. The Bertz CT molecular complexity index is 1220. The molecule has 9 heteroatoms. The molecule has 1 heterocycles. The van der Waals surface area contributed by atoms with E-state index in [1.54, 1.807) is 44.2 Å². The highest BCUT2D eigenvalue weighted by Crippen LogP contribution is 2.38. The lowest BCUT2D eigenvalue weighted by Gasteiger charge is -2.19. The van der Waals surface area contributed by atoms with E-state index >= 15 is 0 Å². The lowest BCUT2D eigenvalue weighted by atomic mass is 9.81. The van der Waals surface area contributed by atoms with Gasteiger partial charge in [0, 0.05) is 5.69 Å². The number of amides is 2. The molecule has 1 N–H and O–H groups in total. The highest BCUT2D eigenvalue weighted by molar-refractivity contribution is 7.92. The molecule has 0 spiro atoms. The molecular formula is C25H28N2O6S. The summed E-state index contributed by atoms with van der Waals surface area (Å²) < 4.78 is 33.8. The van der Waals surface area contributed by atoms with E-state index < -0.39 is 16.0 Å². The number of carbonyl (C=O) groups is 3. The van der Waals surface area contributed by atoms with Crippen LogP contribution in [0.25, 0.3) is 0 Å². The van der Waals surface area contributed by atoms with E-state index in [9.17, 15) is 22.8 Å². The van der Waals surface area contributed by atoms with Gasteiger partial charge < -0.3 is 4.74 Å². The van der Waals surface area contributed by atoms with E-state index in [0.717, 1.165) is 25.7 Å². The third-order valence-electron chi connectivity index (χ3n) is 6.44. The van der Waals surface area contributed by atoms with Crippen LogP contribution in [-0.2, 0) is 30.9 Å². The summed E-state index contributed by atoms with van der Waals surface area (Å²) in [5.74, 6) is -1.35. The average Bonchev–Trinajstić information content (AvgIpc) is 3.05. The minimum Gasteiger partial charge on any atom is -0.462 e. The summed E-state index contributed by atoms with van der Waals surface area (Å²) in [4.78, 5) is 38.9. The first-order valence-electron chi connectivity index (χ1n) is 11.5. The van der Waals surface area contributed by atoms with Crippen LogP contribution in [0, 0.1) is 18.8 Å². The SMILES string of the molecule is CCOC(=O)c1cccc(NS(=O)(=O)c2cc(CN3C(=O)[C@@H]4CCCC[C@H]4C3=O)ccc2C)c1. The molecule has 2 aromatic carbocycles. The molecule has 2 amide bonds. The summed E-state index contributed by atoms with van der Waals surface area (Å²) in [6.07, 6.45) is 3.36. The number of sulfonamides is 1. The number of nitrogens with one attached hydrogen (secondary N) is 1. The number of hydrogen-bond donors (Lipinski definition) is 1. The number of esters is 1. The van der Waals surface area contributed by atoms with Crippen molar-refractivity contribution < 1.29 is 27.5 Å². The van der Waals surface area contributed by atoms with Crippen molar-refractivity contribution in [1.29, 1.82) is 0 Å². The van der Waals surface area contributed by atoms with E-state index in [0.29, 0.717) is 11.1 Å². The highest BCUT2D eigenvalue weighted by atomic mass is 32.2. The fraction of sp³-hybridized carbons (Fsp3) is 0.400. The predicted molar refractivity (Wildman–Crippen MR) is 125 cm³/mol. The number of likely N-dealkylation sites (tertiary alicyclic amines) is 1. The molecule has 180 valence electrons. The molecule has 2 aromatic rings. The Morgan fingerprint density at radius 2 is 1.74 bits per heavy atom. The minimum atomic E-state index is -3.99. The zero-order valence-corrected chi connectivity index (χ0v) is 20.1. The van der Waals surface area contributed by atoms with Crippen LogP contribution in [0.2, 0.25) is 0 Å². The van der Waals surface area contributed by atoms with Crippen molar-refractivity contribution in [3.05, 3.63) is 59.2 Å². The molecule has 2 aliphatic rings. The van der Waals surface area contributed by atoms with Gasteiger partial charge in [0.15, 0.2) is 0 Å². The molecule has 0 aromatic heterocycles. The van der Waals surface area contributed by atoms with Crippen LogP contribution in [0.15, 0.2) is 47.4 Å². The van der Waals surface area contributed by atoms with Gasteiger partial charge in [-0.1, -0.05) is 31.0 Å². The van der Waals surface area contributed by atoms with E-state index in [1.807, 2.05) is 0 Å². The number of benzene rings is 2. The number of aryl methyl sites for hydroxylation is 1. The van der Waals surface area contributed by atoms with Crippen molar-refractivity contribution in [3.63, 3.8) is 0 Å². The Labute approximate surface area is 199 Å². The van der Waals surface area contributed by atoms with Gasteiger partial charge in [0.1, 0.15) is 0 Å². The monoisotopic (exact) mass is 484 g/mol. The number of fused-ring (bicyclic) bond motifs is 1. The van der Waals surface area contributed by atoms with Gasteiger partial charge in [-0.2, -0.15) is 0 Å². The third kappa shape index (κ3) is 4.70. The van der Waals surface area contributed by atoms with Gasteiger partial charge in [-0.3, -0.25) is 19.2 Å². The summed E-state index contributed by atoms with van der Waals surface area (Å²) in [7, 11) is -3.99. The minimum absolute atomic E-state index is 0.0445. The number of imide groups is 1. The number of ether oxygens (including phenoxy) is 1. The molecule has 2 atom stereocenters. The second-order valence-corrected chi connectivity index (χ2v) is 10.4. The van der Waals surface area contributed by atoms with Crippen LogP contribution in [-0.4, -0.2) is 37.7 Å². The molecule has 1 saturated heterocycles. The molecule has 1 aliphatic heterocycles. The van der Waals surface area contributed by atoms with Gasteiger partial charge in [-0.15, -0.1) is 0 Å². The first-order valence-corrected chi connectivity index (χ1v) is 12.9. The fourth-order valence-electron chi connectivity index (χ4n) is 4.74. The lowest BCUT2D eigenvalue weighted by molar-refractivity contribution is -0.140. The normalized spacial score (nSPS) is 20.2. The number of hydrogen-bond acceptors (Lipinski definition) is 6. The standard InChI is InChI=1S/C25H28N2O6S/c1-3-33-25(30)18-7-6-8-19(14-18)26-34(31,32)22-13-17(12-11-16(22)2)15-27-23(28)20-9-4-5-10-21(20)24(27)29/h6-8,11-14,20-21,26H,3-5,9-10,15H2,1-2H3/t20-,21-/m1/s1. The maximum Gasteiger partial charge on any atom is 0.338 e. The molecule has 4 rings (SSSR count). The molecular weight excluding hydrogens is 456 g/mol.